The van der Waals surface area contributed by atoms with Crippen molar-refractivity contribution < 1.29 is 18.3 Å². The van der Waals surface area contributed by atoms with Gasteiger partial charge in [0.15, 0.2) is 0 Å². The van der Waals surface area contributed by atoms with Crippen LogP contribution in [-0.4, -0.2) is 42.9 Å². The van der Waals surface area contributed by atoms with E-state index in [1.165, 1.54) is 4.90 Å². The molecule has 1 saturated heterocycles. The van der Waals surface area contributed by atoms with Crippen molar-refractivity contribution in [1.82, 2.24) is 4.90 Å². The Hall–Kier alpha value is -0.490. The van der Waals surface area contributed by atoms with Crippen molar-refractivity contribution in [2.24, 2.45) is 11.3 Å². The predicted molar refractivity (Wildman–Crippen MR) is 70.3 cm³/mol. The third-order valence-electron chi connectivity index (χ3n) is 3.39. The molecule has 18 heavy (non-hydrogen) atoms. The second-order valence-corrected chi connectivity index (χ2v) is 8.78. The first-order valence-electron chi connectivity index (χ1n) is 5.92. The average molecular weight is 298 g/mol. The summed E-state index contributed by atoms with van der Waals surface area (Å²) in [4.78, 5) is 12.6. The number of rotatable bonds is 2. The van der Waals surface area contributed by atoms with E-state index in [0.717, 1.165) is 0 Å². The first kappa shape index (κ1) is 15.6. The lowest BCUT2D eigenvalue weighted by molar-refractivity contribution is 0.0445. The van der Waals surface area contributed by atoms with E-state index in [9.17, 15) is 18.3 Å². The number of amides is 1. The average Bonchev–Trinajstić information content (AvgIpc) is 2.13. The number of nitrogens with zero attached hydrogens (tertiary/aromatic N) is 1. The molecule has 1 amide bonds. The minimum atomic E-state index is -3.52. The van der Waals surface area contributed by atoms with Gasteiger partial charge in [0.25, 0.3) is 0 Å². The van der Waals surface area contributed by atoms with E-state index in [1.54, 1.807) is 0 Å². The summed E-state index contributed by atoms with van der Waals surface area (Å²) in [6.07, 6.45) is 0.147. The molecule has 1 aliphatic heterocycles. The summed E-state index contributed by atoms with van der Waals surface area (Å²) >= 11 is 0. The van der Waals surface area contributed by atoms with Gasteiger partial charge in [0.2, 0.25) is 9.05 Å². The van der Waals surface area contributed by atoms with E-state index in [2.05, 4.69) is 0 Å². The Morgan fingerprint density at radius 2 is 2.00 bits per heavy atom. The summed E-state index contributed by atoms with van der Waals surface area (Å²) < 4.78 is 22.2. The fraction of sp³-hybridized carbons (Fsp3) is 0.909. The smallest absolute Gasteiger partial charge is 0.407 e. The van der Waals surface area contributed by atoms with Gasteiger partial charge < -0.3 is 10.0 Å². The number of carboxylic acid groups (broad SMARTS) is 1. The highest BCUT2D eigenvalue weighted by Gasteiger charge is 2.39. The van der Waals surface area contributed by atoms with E-state index >= 15 is 0 Å². The van der Waals surface area contributed by atoms with Gasteiger partial charge in [-0.05, 0) is 24.2 Å². The summed E-state index contributed by atoms with van der Waals surface area (Å²) in [7, 11) is 1.75. The van der Waals surface area contributed by atoms with E-state index in [0.29, 0.717) is 19.4 Å². The predicted octanol–water partition coefficient (Wildman–Crippen LogP) is 2.36. The molecular formula is C11H20ClNO4S. The van der Waals surface area contributed by atoms with Crippen LogP contribution in [0.5, 0.6) is 0 Å². The van der Waals surface area contributed by atoms with Crippen LogP contribution in [0.15, 0.2) is 0 Å². The van der Waals surface area contributed by atoms with Crippen molar-refractivity contribution in [2.75, 3.05) is 12.3 Å². The molecule has 5 nitrogen and oxygen atoms in total. The zero-order valence-electron chi connectivity index (χ0n) is 10.9. The first-order valence-corrected chi connectivity index (χ1v) is 8.40. The van der Waals surface area contributed by atoms with Crippen LogP contribution in [0.4, 0.5) is 4.79 Å². The lowest BCUT2D eigenvalue weighted by Gasteiger charge is -2.44. The van der Waals surface area contributed by atoms with E-state index < -0.39 is 15.1 Å². The van der Waals surface area contributed by atoms with Crippen LogP contribution in [0.25, 0.3) is 0 Å². The zero-order valence-corrected chi connectivity index (χ0v) is 12.5. The number of hydrogen-bond donors (Lipinski definition) is 1. The molecule has 7 heteroatoms. The molecule has 1 aliphatic rings. The fourth-order valence-corrected chi connectivity index (χ4v) is 3.92. The molecule has 2 atom stereocenters. The number of likely N-dealkylation sites (tertiary alicyclic amines) is 1. The van der Waals surface area contributed by atoms with Crippen LogP contribution < -0.4 is 0 Å². The maximum Gasteiger partial charge on any atom is 0.407 e. The summed E-state index contributed by atoms with van der Waals surface area (Å²) in [6, 6.07) is -0.174. The molecule has 2 unspecified atom stereocenters. The number of carbonyl (C=O) groups is 1. The Bertz CT molecular complexity index is 415. The minimum absolute atomic E-state index is 0.0627. The van der Waals surface area contributed by atoms with Gasteiger partial charge in [0.05, 0.1) is 5.75 Å². The molecule has 0 spiro atoms. The summed E-state index contributed by atoms with van der Waals surface area (Å²) in [5.74, 6) is -0.137. The number of halogens is 1. The molecule has 1 fully saturated rings. The molecule has 0 bridgehead atoms. The van der Waals surface area contributed by atoms with Crippen molar-refractivity contribution in [3.8, 4) is 0 Å². The van der Waals surface area contributed by atoms with Crippen molar-refractivity contribution >= 4 is 25.8 Å². The van der Waals surface area contributed by atoms with Crippen LogP contribution in [0.3, 0.4) is 0 Å². The Balaban J connectivity index is 2.83. The maximum absolute atomic E-state index is 11.2. The Kier molecular flexibility index (Phi) is 4.54. The molecule has 0 aromatic heterocycles. The molecule has 0 aromatic rings. The quantitative estimate of drug-likeness (QED) is 0.794. The van der Waals surface area contributed by atoms with Gasteiger partial charge >= 0.3 is 6.09 Å². The van der Waals surface area contributed by atoms with E-state index in [4.69, 9.17) is 10.7 Å². The molecule has 0 aromatic carbocycles. The third kappa shape index (κ3) is 4.31. The zero-order chi connectivity index (χ0) is 14.1. The van der Waals surface area contributed by atoms with Crippen molar-refractivity contribution in [1.29, 1.82) is 0 Å². The van der Waals surface area contributed by atoms with Crippen molar-refractivity contribution in [3.63, 3.8) is 0 Å². The summed E-state index contributed by atoms with van der Waals surface area (Å²) in [5, 5.41) is 9.17. The third-order valence-corrected chi connectivity index (χ3v) is 4.64. The van der Waals surface area contributed by atoms with Crippen LogP contribution >= 0.6 is 10.7 Å². The minimum Gasteiger partial charge on any atom is -0.465 e. The van der Waals surface area contributed by atoms with Crippen LogP contribution in [0.2, 0.25) is 0 Å². The Labute approximate surface area is 113 Å². The van der Waals surface area contributed by atoms with E-state index in [-0.39, 0.29) is 23.1 Å². The van der Waals surface area contributed by atoms with Gasteiger partial charge in [-0.2, -0.15) is 0 Å². The number of piperidine rings is 1. The summed E-state index contributed by atoms with van der Waals surface area (Å²) in [5.41, 5.74) is -0.215. The molecule has 0 aliphatic carbocycles. The lowest BCUT2D eigenvalue weighted by Crippen LogP contribution is -2.52. The maximum atomic E-state index is 11.2. The summed E-state index contributed by atoms with van der Waals surface area (Å²) in [6.45, 7) is 6.26. The molecule has 0 saturated carbocycles. The Morgan fingerprint density at radius 1 is 1.44 bits per heavy atom. The fourth-order valence-electron chi connectivity index (χ4n) is 2.52. The number of hydrogen-bond acceptors (Lipinski definition) is 3. The van der Waals surface area contributed by atoms with Crippen LogP contribution in [0, 0.1) is 11.3 Å². The molecule has 1 heterocycles. The van der Waals surface area contributed by atoms with Crippen molar-refractivity contribution in [3.05, 3.63) is 0 Å². The van der Waals surface area contributed by atoms with Crippen LogP contribution in [0.1, 0.15) is 33.6 Å². The SMILES string of the molecule is CC(C)(C)C1CC(CS(=O)(=O)Cl)CCN1C(=O)O. The van der Waals surface area contributed by atoms with Crippen molar-refractivity contribution in [2.45, 2.75) is 39.7 Å². The molecule has 106 valence electrons. The van der Waals surface area contributed by atoms with Gasteiger partial charge in [0.1, 0.15) is 0 Å². The largest absolute Gasteiger partial charge is 0.465 e. The Morgan fingerprint density at radius 3 is 2.39 bits per heavy atom. The monoisotopic (exact) mass is 297 g/mol. The molecular weight excluding hydrogens is 278 g/mol. The highest BCUT2D eigenvalue weighted by Crippen LogP contribution is 2.35. The molecule has 1 N–H and O–H groups in total. The topological polar surface area (TPSA) is 74.7 Å². The molecule has 0 radical (unpaired) electrons. The second-order valence-electron chi connectivity index (χ2n) is 5.95. The highest BCUT2D eigenvalue weighted by atomic mass is 35.7. The van der Waals surface area contributed by atoms with Gasteiger partial charge in [-0.25, -0.2) is 13.2 Å². The van der Waals surface area contributed by atoms with Gasteiger partial charge in [0, 0.05) is 23.3 Å². The molecule has 1 rings (SSSR count). The van der Waals surface area contributed by atoms with E-state index in [1.807, 2.05) is 20.8 Å². The van der Waals surface area contributed by atoms with Gasteiger partial charge in [-0.1, -0.05) is 20.8 Å². The van der Waals surface area contributed by atoms with Crippen LogP contribution in [-0.2, 0) is 9.05 Å². The second kappa shape index (κ2) is 5.25. The standard InChI is InChI=1S/C11H20ClNO4S/c1-11(2,3)9-6-8(7-18(12,16)17)4-5-13(9)10(14)15/h8-9H,4-7H2,1-3H3,(H,14,15). The normalized spacial score (nSPS) is 26.1. The van der Waals surface area contributed by atoms with Gasteiger partial charge in [-0.3, -0.25) is 0 Å². The lowest BCUT2D eigenvalue weighted by atomic mass is 9.77. The highest BCUT2D eigenvalue weighted by molar-refractivity contribution is 8.13. The first-order chi connectivity index (χ1) is 8.00. The van der Waals surface area contributed by atoms with Gasteiger partial charge in [-0.15, -0.1) is 0 Å².